The average molecular weight is 496 g/mol. The van der Waals surface area contributed by atoms with Gasteiger partial charge in [-0.1, -0.05) is 23.7 Å². The number of ether oxygens (including phenoxy) is 1. The van der Waals surface area contributed by atoms with Crippen molar-refractivity contribution in [2.24, 2.45) is 34.5 Å². The van der Waals surface area contributed by atoms with Gasteiger partial charge in [0, 0.05) is 25.7 Å². The monoisotopic (exact) mass is 495 g/mol. The molecular weight excluding hydrogens is 450 g/mol. The Bertz CT molecular complexity index is 1040. The van der Waals surface area contributed by atoms with Gasteiger partial charge in [0.2, 0.25) is 0 Å². The number of aromatic nitrogens is 1. The smallest absolute Gasteiger partial charge is 0.410 e. The van der Waals surface area contributed by atoms with E-state index in [-0.39, 0.29) is 18.7 Å². The van der Waals surface area contributed by atoms with E-state index in [1.165, 1.54) is 45.1 Å². The van der Waals surface area contributed by atoms with Crippen LogP contribution in [0.2, 0.25) is 0 Å². The van der Waals surface area contributed by atoms with Crippen LogP contribution in [0.15, 0.2) is 16.2 Å². The van der Waals surface area contributed by atoms with Crippen LogP contribution < -0.4 is 0 Å². The number of carbonyl (C=O) groups is 1. The minimum Gasteiger partial charge on any atom is -0.444 e. The van der Waals surface area contributed by atoms with Crippen LogP contribution in [0.4, 0.5) is 4.79 Å². The van der Waals surface area contributed by atoms with E-state index in [0.717, 1.165) is 59.6 Å². The summed E-state index contributed by atoms with van der Waals surface area (Å²) in [6.07, 6.45) is 12.6. The summed E-state index contributed by atoms with van der Waals surface area (Å²) in [7, 11) is 4.27. The van der Waals surface area contributed by atoms with E-state index < -0.39 is 0 Å². The molecule has 8 atom stereocenters. The van der Waals surface area contributed by atoms with Gasteiger partial charge in [-0.05, 0) is 114 Å². The summed E-state index contributed by atoms with van der Waals surface area (Å²) >= 11 is 0. The summed E-state index contributed by atoms with van der Waals surface area (Å²) in [5.41, 5.74) is 4.17. The average Bonchev–Trinajstić information content (AvgIpc) is 3.47. The SMILES string of the molecule is Cc1noc(C)c1COC(=O)N(C)C1CCC2(C)C(=CCC3C2CCC24CN(C)C(C)C2CCC34)C1. The highest BCUT2D eigenvalue weighted by Crippen LogP contribution is 2.68. The van der Waals surface area contributed by atoms with Crippen molar-refractivity contribution < 1.29 is 14.1 Å². The Morgan fingerprint density at radius 2 is 1.97 bits per heavy atom. The zero-order valence-corrected chi connectivity index (χ0v) is 23.2. The number of rotatable bonds is 3. The topological polar surface area (TPSA) is 58.8 Å². The second-order valence-electron chi connectivity index (χ2n) is 13.2. The van der Waals surface area contributed by atoms with Gasteiger partial charge >= 0.3 is 6.09 Å². The maximum absolute atomic E-state index is 12.9. The van der Waals surface area contributed by atoms with Crippen LogP contribution in [0.25, 0.3) is 0 Å². The Morgan fingerprint density at radius 1 is 1.19 bits per heavy atom. The zero-order chi connectivity index (χ0) is 25.4. The fraction of sp³-hybridized carbons (Fsp3) is 0.800. The molecule has 198 valence electrons. The second kappa shape index (κ2) is 8.61. The van der Waals surface area contributed by atoms with Gasteiger partial charge in [-0.2, -0.15) is 0 Å². The summed E-state index contributed by atoms with van der Waals surface area (Å²) in [5.74, 6) is 4.20. The zero-order valence-electron chi connectivity index (χ0n) is 23.2. The molecule has 0 bridgehead atoms. The molecule has 6 rings (SSSR count). The molecule has 1 amide bonds. The Balaban J connectivity index is 1.14. The molecule has 1 spiro atoms. The predicted molar refractivity (Wildman–Crippen MR) is 139 cm³/mol. The highest BCUT2D eigenvalue weighted by molar-refractivity contribution is 5.67. The lowest BCUT2D eigenvalue weighted by Gasteiger charge is -2.58. The van der Waals surface area contributed by atoms with Gasteiger partial charge in [0.15, 0.2) is 0 Å². The minimum absolute atomic E-state index is 0.216. The number of allylic oxidation sites excluding steroid dienone is 1. The number of fused-ring (bicyclic) bond motifs is 4. The molecule has 3 saturated carbocycles. The molecular formula is C30H45N3O3. The quantitative estimate of drug-likeness (QED) is 0.473. The van der Waals surface area contributed by atoms with E-state index in [9.17, 15) is 4.79 Å². The molecule has 0 N–H and O–H groups in total. The molecule has 8 unspecified atom stereocenters. The van der Waals surface area contributed by atoms with Gasteiger partial charge in [0.25, 0.3) is 0 Å². The Kier molecular flexibility index (Phi) is 5.86. The molecule has 6 heteroatoms. The second-order valence-corrected chi connectivity index (χ2v) is 13.2. The minimum atomic E-state index is -0.242. The number of amides is 1. The summed E-state index contributed by atoms with van der Waals surface area (Å²) < 4.78 is 10.9. The number of hydrogen-bond acceptors (Lipinski definition) is 5. The highest BCUT2D eigenvalue weighted by atomic mass is 16.6. The lowest BCUT2D eigenvalue weighted by atomic mass is 9.47. The van der Waals surface area contributed by atoms with Crippen molar-refractivity contribution in [3.63, 3.8) is 0 Å². The first kappa shape index (κ1) is 24.5. The van der Waals surface area contributed by atoms with Crippen molar-refractivity contribution in [3.8, 4) is 0 Å². The van der Waals surface area contributed by atoms with E-state index >= 15 is 0 Å². The number of hydrogen-bond donors (Lipinski definition) is 0. The van der Waals surface area contributed by atoms with E-state index in [2.05, 4.69) is 37.0 Å². The van der Waals surface area contributed by atoms with Gasteiger partial charge in [0.1, 0.15) is 12.4 Å². The molecule has 6 nitrogen and oxygen atoms in total. The molecule has 4 aliphatic carbocycles. The molecule has 2 heterocycles. The van der Waals surface area contributed by atoms with Crippen molar-refractivity contribution in [1.82, 2.24) is 15.0 Å². The standard InChI is InChI=1S/C30H45N3O3/c1-18-24(20(3)36-31-18)16-35-28(34)33(6)22-11-13-29(4)21(15-22)7-8-23-26(29)12-14-30-17-32(5)19(2)25(30)9-10-27(23)30/h7,19,22-23,25-27H,8-17H2,1-6H3. The van der Waals surface area contributed by atoms with Crippen molar-refractivity contribution in [2.45, 2.75) is 97.8 Å². The maximum atomic E-state index is 12.9. The molecule has 36 heavy (non-hydrogen) atoms. The summed E-state index contributed by atoms with van der Waals surface area (Å²) in [5, 5.41) is 3.97. The number of carbonyl (C=O) groups excluding carboxylic acids is 1. The third-order valence-electron chi connectivity index (χ3n) is 12.0. The summed E-state index contributed by atoms with van der Waals surface area (Å²) in [6.45, 7) is 10.3. The summed E-state index contributed by atoms with van der Waals surface area (Å²) in [6, 6.07) is 0.966. The van der Waals surface area contributed by atoms with Crippen molar-refractivity contribution in [1.29, 1.82) is 0 Å². The highest BCUT2D eigenvalue weighted by Gasteiger charge is 2.64. The third-order valence-corrected chi connectivity index (χ3v) is 12.0. The maximum Gasteiger partial charge on any atom is 0.410 e. The van der Waals surface area contributed by atoms with Gasteiger partial charge < -0.3 is 19.1 Å². The lowest BCUT2D eigenvalue weighted by Crippen LogP contribution is -2.53. The van der Waals surface area contributed by atoms with Gasteiger partial charge in [-0.15, -0.1) is 0 Å². The van der Waals surface area contributed by atoms with Crippen LogP contribution in [-0.4, -0.2) is 53.8 Å². The Morgan fingerprint density at radius 3 is 2.72 bits per heavy atom. The van der Waals surface area contributed by atoms with Crippen molar-refractivity contribution in [2.75, 3.05) is 20.6 Å². The largest absolute Gasteiger partial charge is 0.444 e. The van der Waals surface area contributed by atoms with E-state index in [0.29, 0.717) is 10.8 Å². The van der Waals surface area contributed by atoms with Gasteiger partial charge in [-0.25, -0.2) is 4.79 Å². The van der Waals surface area contributed by atoms with Crippen LogP contribution >= 0.6 is 0 Å². The first-order valence-corrected chi connectivity index (χ1v) is 14.4. The predicted octanol–water partition coefficient (Wildman–Crippen LogP) is 6.12. The fourth-order valence-electron chi connectivity index (χ4n) is 9.87. The normalized spacial score (nSPS) is 41.7. The first-order valence-electron chi connectivity index (χ1n) is 14.4. The number of likely N-dealkylation sites (tertiary alicyclic amines) is 1. The number of nitrogens with zero attached hydrogens (tertiary/aromatic N) is 3. The van der Waals surface area contributed by atoms with Crippen LogP contribution in [0.1, 0.15) is 82.2 Å². The molecule has 1 saturated heterocycles. The molecule has 1 aromatic rings. The van der Waals surface area contributed by atoms with Gasteiger partial charge in [0.05, 0.1) is 11.3 Å². The summed E-state index contributed by atoms with van der Waals surface area (Å²) in [4.78, 5) is 17.4. The molecule has 1 aliphatic heterocycles. The van der Waals surface area contributed by atoms with Crippen molar-refractivity contribution in [3.05, 3.63) is 28.7 Å². The first-order chi connectivity index (χ1) is 17.2. The molecule has 5 aliphatic rings. The van der Waals surface area contributed by atoms with E-state index in [1.807, 2.05) is 25.8 Å². The van der Waals surface area contributed by atoms with Crippen molar-refractivity contribution >= 4 is 6.09 Å². The van der Waals surface area contributed by atoms with Crippen LogP contribution in [0.5, 0.6) is 0 Å². The number of aryl methyl sites for hydroxylation is 2. The molecule has 4 fully saturated rings. The Labute approximate surface area is 216 Å². The molecule has 0 radical (unpaired) electrons. The Hall–Kier alpha value is -1.82. The molecule has 0 aromatic carbocycles. The third kappa shape index (κ3) is 3.45. The van der Waals surface area contributed by atoms with Crippen LogP contribution in [0.3, 0.4) is 0 Å². The van der Waals surface area contributed by atoms with E-state index in [1.54, 1.807) is 5.57 Å². The van der Waals surface area contributed by atoms with E-state index in [4.69, 9.17) is 9.26 Å². The van der Waals surface area contributed by atoms with Crippen LogP contribution in [0, 0.1) is 48.3 Å². The fourth-order valence-corrected chi connectivity index (χ4v) is 9.87. The van der Waals surface area contributed by atoms with Crippen LogP contribution in [-0.2, 0) is 11.3 Å². The van der Waals surface area contributed by atoms with Gasteiger partial charge in [-0.3, -0.25) is 0 Å². The lowest BCUT2D eigenvalue weighted by molar-refractivity contribution is -0.0435. The molecule has 1 aromatic heterocycles.